The summed E-state index contributed by atoms with van der Waals surface area (Å²) in [5.41, 5.74) is 5.28. The van der Waals surface area contributed by atoms with Crippen LogP contribution in [0.4, 0.5) is 5.69 Å². The first-order chi connectivity index (χ1) is 21.0. The molecule has 6 heteroatoms. The summed E-state index contributed by atoms with van der Waals surface area (Å²) in [6.07, 6.45) is 1.31. The molecule has 1 saturated heterocycles. The van der Waals surface area contributed by atoms with Gasteiger partial charge in [-0.05, 0) is 53.5 Å². The van der Waals surface area contributed by atoms with Crippen molar-refractivity contribution in [3.8, 4) is 5.75 Å². The lowest BCUT2D eigenvalue weighted by atomic mass is 10.00. The molecule has 4 aromatic carbocycles. The number of fused-ring (bicyclic) bond motifs is 1. The fourth-order valence-electron chi connectivity index (χ4n) is 5.60. The average Bonchev–Trinajstić information content (AvgIpc) is 3.51. The van der Waals surface area contributed by atoms with Crippen LogP contribution < -0.4 is 9.64 Å². The van der Waals surface area contributed by atoms with Crippen molar-refractivity contribution in [2.45, 2.75) is 20.0 Å². The summed E-state index contributed by atoms with van der Waals surface area (Å²) < 4.78 is 12.7. The molecular formula is C37H34N2O4. The number of hydrogen-bond donors (Lipinski definition) is 0. The van der Waals surface area contributed by atoms with Crippen LogP contribution in [0.3, 0.4) is 0 Å². The highest BCUT2D eigenvalue weighted by molar-refractivity contribution is 6.04. The zero-order valence-electron chi connectivity index (χ0n) is 24.4. The molecule has 0 N–H and O–H groups in total. The summed E-state index contributed by atoms with van der Waals surface area (Å²) in [6, 6.07) is 35.9. The Morgan fingerprint density at radius 2 is 1.35 bits per heavy atom. The van der Waals surface area contributed by atoms with E-state index >= 15 is 0 Å². The molecule has 1 fully saturated rings. The fraction of sp³-hybridized carbons (Fsp3) is 0.189. The van der Waals surface area contributed by atoms with E-state index in [9.17, 15) is 9.59 Å². The molecule has 1 aliphatic rings. The number of ether oxygens (including phenoxy) is 1. The minimum absolute atomic E-state index is 0.0257. The van der Waals surface area contributed by atoms with Gasteiger partial charge < -0.3 is 19.0 Å². The van der Waals surface area contributed by atoms with Crippen molar-refractivity contribution in [2.75, 3.05) is 31.1 Å². The largest absolute Gasteiger partial charge is 0.477 e. The van der Waals surface area contributed by atoms with E-state index < -0.39 is 0 Å². The first-order valence-electron chi connectivity index (χ1n) is 14.6. The van der Waals surface area contributed by atoms with Gasteiger partial charge in [-0.1, -0.05) is 84.9 Å². The summed E-state index contributed by atoms with van der Waals surface area (Å²) in [4.78, 5) is 29.9. The number of carbonyl (C=O) groups excluding carboxylic acids is 2. The predicted octanol–water partition coefficient (Wildman–Crippen LogP) is 7.56. The predicted molar refractivity (Wildman–Crippen MR) is 170 cm³/mol. The lowest BCUT2D eigenvalue weighted by Gasteiger charge is -2.35. The normalized spacial score (nSPS) is 13.9. The van der Waals surface area contributed by atoms with Crippen LogP contribution in [-0.4, -0.2) is 42.8 Å². The van der Waals surface area contributed by atoms with Gasteiger partial charge in [0.2, 0.25) is 5.91 Å². The van der Waals surface area contributed by atoms with Crippen molar-refractivity contribution >= 4 is 33.9 Å². The zero-order valence-corrected chi connectivity index (χ0v) is 24.4. The molecule has 2 heterocycles. The van der Waals surface area contributed by atoms with Crippen LogP contribution in [0.2, 0.25) is 0 Å². The molecule has 5 aromatic rings. The zero-order chi connectivity index (χ0) is 29.8. The van der Waals surface area contributed by atoms with Crippen LogP contribution in [0, 0.1) is 0 Å². The molecule has 1 aliphatic heterocycles. The molecule has 0 radical (unpaired) electrons. The van der Waals surface area contributed by atoms with Crippen molar-refractivity contribution < 1.29 is 18.7 Å². The number of anilines is 1. The Labute approximate surface area is 251 Å². The van der Waals surface area contributed by atoms with Gasteiger partial charge in [0.15, 0.2) is 22.9 Å². The number of rotatable bonds is 8. The summed E-state index contributed by atoms with van der Waals surface area (Å²) in [6.45, 7) is 6.28. The molecule has 43 heavy (non-hydrogen) atoms. The van der Waals surface area contributed by atoms with Crippen LogP contribution in [0.1, 0.15) is 47.2 Å². The standard InChI is InChI=1S/C37H34N2O4/c1-26(24-35(41)39-22-20-38(21-23-39)30-16-10-5-11-17-30)31-18-19-33(37-32(31)25-34(43-37)27(2)40)42-36(28-12-6-3-7-13-28)29-14-8-4-9-15-29/h3-19,24-25,36H,20-23H2,1-2H3. The second-order valence-electron chi connectivity index (χ2n) is 10.8. The quantitative estimate of drug-likeness (QED) is 0.142. The van der Waals surface area contributed by atoms with Crippen molar-refractivity contribution in [1.29, 1.82) is 0 Å². The number of para-hydroxylation sites is 1. The van der Waals surface area contributed by atoms with Crippen molar-refractivity contribution in [1.82, 2.24) is 4.90 Å². The third kappa shape index (κ3) is 6.09. The van der Waals surface area contributed by atoms with Crippen LogP contribution in [0.5, 0.6) is 5.75 Å². The van der Waals surface area contributed by atoms with E-state index in [2.05, 4.69) is 17.0 Å². The molecular weight excluding hydrogens is 536 g/mol. The molecule has 0 unspecified atom stereocenters. The Kier molecular flexibility index (Phi) is 8.09. The number of benzene rings is 4. The molecule has 6 rings (SSSR count). The highest BCUT2D eigenvalue weighted by Crippen LogP contribution is 2.38. The van der Waals surface area contributed by atoms with Gasteiger partial charge in [-0.25, -0.2) is 0 Å². The molecule has 1 amide bonds. The van der Waals surface area contributed by atoms with E-state index in [1.807, 2.05) is 103 Å². The summed E-state index contributed by atoms with van der Waals surface area (Å²) in [5.74, 6) is 0.575. The molecule has 0 bridgehead atoms. The van der Waals surface area contributed by atoms with Crippen molar-refractivity contribution in [2.24, 2.45) is 0 Å². The topological polar surface area (TPSA) is 63.0 Å². The number of Topliss-reactive ketones (excluding diaryl/α,β-unsaturated/α-hetero) is 1. The summed E-state index contributed by atoms with van der Waals surface area (Å²) in [5, 5.41) is 0.734. The van der Waals surface area contributed by atoms with Crippen molar-refractivity contribution in [3.63, 3.8) is 0 Å². The number of allylic oxidation sites excluding steroid dienone is 1. The minimum Gasteiger partial charge on any atom is -0.477 e. The second kappa shape index (κ2) is 12.4. The third-order valence-corrected chi connectivity index (χ3v) is 7.92. The third-order valence-electron chi connectivity index (χ3n) is 7.92. The molecule has 6 nitrogen and oxygen atoms in total. The lowest BCUT2D eigenvalue weighted by molar-refractivity contribution is -0.126. The average molecular weight is 571 g/mol. The molecule has 0 saturated carbocycles. The van der Waals surface area contributed by atoms with Gasteiger partial charge in [0.25, 0.3) is 0 Å². The van der Waals surface area contributed by atoms with Gasteiger partial charge in [-0.15, -0.1) is 0 Å². The smallest absolute Gasteiger partial charge is 0.246 e. The molecule has 0 atom stereocenters. The van der Waals surface area contributed by atoms with Gasteiger partial charge in [0.05, 0.1) is 0 Å². The van der Waals surface area contributed by atoms with Gasteiger partial charge in [0, 0.05) is 50.3 Å². The monoisotopic (exact) mass is 570 g/mol. The van der Waals surface area contributed by atoms with Crippen LogP contribution in [-0.2, 0) is 4.79 Å². The number of piperazine rings is 1. The van der Waals surface area contributed by atoms with Crippen molar-refractivity contribution in [3.05, 3.63) is 138 Å². The number of amides is 1. The molecule has 0 aliphatic carbocycles. The van der Waals surface area contributed by atoms with Gasteiger partial charge >= 0.3 is 0 Å². The highest BCUT2D eigenvalue weighted by atomic mass is 16.5. The number of carbonyl (C=O) groups is 2. The Balaban J connectivity index is 1.29. The number of hydrogen-bond acceptors (Lipinski definition) is 5. The maximum atomic E-state index is 13.3. The maximum Gasteiger partial charge on any atom is 0.246 e. The van der Waals surface area contributed by atoms with E-state index in [1.165, 1.54) is 12.6 Å². The van der Waals surface area contributed by atoms with Gasteiger partial charge in [-0.2, -0.15) is 0 Å². The maximum absolute atomic E-state index is 13.3. The Morgan fingerprint density at radius 1 is 0.767 bits per heavy atom. The molecule has 216 valence electrons. The first kappa shape index (κ1) is 28.0. The molecule has 1 aromatic heterocycles. The summed E-state index contributed by atoms with van der Waals surface area (Å²) in [7, 11) is 0. The Bertz CT molecular complexity index is 1710. The Hall–Kier alpha value is -5.10. The minimum atomic E-state index is -0.380. The van der Waals surface area contributed by atoms with Crippen LogP contribution >= 0.6 is 0 Å². The number of ketones is 1. The summed E-state index contributed by atoms with van der Waals surface area (Å²) >= 11 is 0. The second-order valence-corrected chi connectivity index (χ2v) is 10.8. The van der Waals surface area contributed by atoms with E-state index in [0.717, 1.165) is 40.7 Å². The highest BCUT2D eigenvalue weighted by Gasteiger charge is 2.23. The van der Waals surface area contributed by atoms with Gasteiger partial charge in [0.1, 0.15) is 6.10 Å². The van der Waals surface area contributed by atoms with E-state index in [0.29, 0.717) is 24.4 Å². The lowest BCUT2D eigenvalue weighted by Crippen LogP contribution is -2.48. The van der Waals surface area contributed by atoms with Crippen LogP contribution in [0.25, 0.3) is 16.5 Å². The van der Waals surface area contributed by atoms with Crippen LogP contribution in [0.15, 0.2) is 120 Å². The van der Waals surface area contributed by atoms with E-state index in [1.54, 1.807) is 12.1 Å². The van der Waals surface area contributed by atoms with E-state index in [4.69, 9.17) is 9.15 Å². The molecule has 0 spiro atoms. The van der Waals surface area contributed by atoms with Gasteiger partial charge in [-0.3, -0.25) is 9.59 Å². The number of furan rings is 1. The van der Waals surface area contributed by atoms with E-state index in [-0.39, 0.29) is 23.6 Å². The Morgan fingerprint density at radius 3 is 1.93 bits per heavy atom. The first-order valence-corrected chi connectivity index (χ1v) is 14.6. The number of nitrogens with zero attached hydrogens (tertiary/aromatic N) is 2. The fourth-order valence-corrected chi connectivity index (χ4v) is 5.60. The SMILES string of the molecule is CC(=O)c1cc2c(C(C)=CC(=O)N3CCN(c4ccccc4)CC3)ccc(OC(c3ccccc3)c3ccccc3)c2o1.